The molecule has 119 heavy (non-hydrogen) atoms. The lowest BCUT2D eigenvalue weighted by Gasteiger charge is -2.21. The molecule has 680 valence electrons. The first-order chi connectivity index (χ1) is 58.2. The second kappa shape index (κ2) is 91.8. The van der Waals surface area contributed by atoms with Crippen molar-refractivity contribution in [1.29, 1.82) is 0 Å². The minimum Gasteiger partial charge on any atom is -0.463 e. The van der Waals surface area contributed by atoms with E-state index in [9.17, 15) is 43.5 Å². The molecule has 5 atom stereocenters. The van der Waals surface area contributed by atoms with E-state index in [1.54, 1.807) is 0 Å². The number of hydrogen-bond donors (Lipinski definition) is 4. The Morgan fingerprint density at radius 2 is 0.445 bits per heavy atom. The molecule has 5 unspecified atom stereocenters. The molecule has 0 bridgehead atoms. The van der Waals surface area contributed by atoms with Gasteiger partial charge in [-0.25, -0.2) is 9.13 Å². The van der Waals surface area contributed by atoms with E-state index in [4.69, 9.17) is 32.3 Å². The number of phosphoric acid groups is 2. The number of ether oxygens (including phenoxy) is 3. The van der Waals surface area contributed by atoms with Gasteiger partial charge in [0.15, 0.2) is 6.10 Å². The van der Waals surface area contributed by atoms with Crippen molar-refractivity contribution >= 4 is 33.6 Å². The minimum absolute atomic E-state index is 0.0860. The third-order valence-corrected chi connectivity index (χ3v) is 21.5. The second-order valence-electron chi connectivity index (χ2n) is 31.0. The van der Waals surface area contributed by atoms with E-state index in [1.807, 2.05) is 0 Å². The molecule has 0 amide bonds. The summed E-state index contributed by atoms with van der Waals surface area (Å²) in [4.78, 5) is 59.1. The Morgan fingerprint density at radius 3 is 0.706 bits per heavy atom. The van der Waals surface area contributed by atoms with Crippen molar-refractivity contribution in [1.82, 2.24) is 0 Å². The van der Waals surface area contributed by atoms with Crippen molar-refractivity contribution in [2.24, 2.45) is 0 Å². The number of unbranched alkanes of at least 4 members (excludes halogenated alkanes) is 35. The zero-order valence-corrected chi connectivity index (χ0v) is 76.8. The van der Waals surface area contributed by atoms with Gasteiger partial charge in [0, 0.05) is 19.3 Å². The Labute approximate surface area is 725 Å². The third-order valence-electron chi connectivity index (χ3n) is 19.6. The van der Waals surface area contributed by atoms with Gasteiger partial charge in [-0.2, -0.15) is 0 Å². The molecule has 4 N–H and O–H groups in total. The fourth-order valence-electron chi connectivity index (χ4n) is 12.5. The van der Waals surface area contributed by atoms with Gasteiger partial charge in [0.05, 0.1) is 26.4 Å². The van der Waals surface area contributed by atoms with Gasteiger partial charge in [0.1, 0.15) is 25.4 Å². The van der Waals surface area contributed by atoms with Gasteiger partial charge in [-0.15, -0.1) is 0 Å². The molecular weight excluding hydrogens is 1530 g/mol. The summed E-state index contributed by atoms with van der Waals surface area (Å²) in [6.45, 7) is 2.45. The highest BCUT2D eigenvalue weighted by Gasteiger charge is 2.29. The van der Waals surface area contributed by atoms with Crippen LogP contribution in [0.3, 0.4) is 0 Å². The van der Waals surface area contributed by atoms with Crippen LogP contribution in [0.2, 0.25) is 0 Å². The number of rotatable bonds is 88. The fraction of sp³-hybridized carbons (Fsp3) is 0.673. The normalized spacial score (nSPS) is 14.6. The SMILES string of the molecule is CC/C=C\C/C=C\C/C=C\C/C=C\C/C=C\C/C=C\CCCCCCCCCCCCCCCCC(=O)OCC(O)COP(=O)(O)OCC(O)COP(=O)(O)OCC(COC(=O)CCCCCCCCCCCCC/C=C\C/C=C\C/C=C\C/C=C\CCCCC)OC(=O)CCCCCCCCC/C=C\C/C=C\C/C=C\C/C=C\C/C=C\CC. The van der Waals surface area contributed by atoms with E-state index in [0.29, 0.717) is 19.3 Å². The first-order valence-electron chi connectivity index (χ1n) is 47.1. The lowest BCUT2D eigenvalue weighted by Crippen LogP contribution is -2.30. The monoisotopic (exact) mass is 1700 g/mol. The largest absolute Gasteiger partial charge is 0.472 e. The summed E-state index contributed by atoms with van der Waals surface area (Å²) >= 11 is 0. The van der Waals surface area contributed by atoms with Crippen LogP contribution in [-0.4, -0.2) is 95.9 Å². The highest BCUT2D eigenvalue weighted by atomic mass is 31.2. The number of aliphatic hydroxyl groups is 2. The van der Waals surface area contributed by atoms with Crippen molar-refractivity contribution in [2.45, 2.75) is 399 Å². The summed E-state index contributed by atoms with van der Waals surface area (Å²) in [7, 11) is -9.82. The Balaban J connectivity index is 4.61. The van der Waals surface area contributed by atoms with Crippen LogP contribution in [0.1, 0.15) is 380 Å². The molecule has 0 heterocycles. The summed E-state index contributed by atoms with van der Waals surface area (Å²) in [5.41, 5.74) is 0. The van der Waals surface area contributed by atoms with Gasteiger partial charge in [-0.1, -0.05) is 383 Å². The van der Waals surface area contributed by atoms with Crippen LogP contribution in [0, 0.1) is 0 Å². The molecule has 0 aliphatic carbocycles. The van der Waals surface area contributed by atoms with Crippen LogP contribution in [0.5, 0.6) is 0 Å². The summed E-state index contributed by atoms with van der Waals surface area (Å²) < 4.78 is 61.5. The molecule has 18 heteroatoms. The topological polar surface area (TPSA) is 231 Å². The first kappa shape index (κ1) is 114. The quantitative estimate of drug-likeness (QED) is 0.0146. The zero-order chi connectivity index (χ0) is 86.5. The van der Waals surface area contributed by atoms with E-state index >= 15 is 0 Å². The predicted molar refractivity (Wildman–Crippen MR) is 500 cm³/mol. The van der Waals surface area contributed by atoms with E-state index in [-0.39, 0.29) is 19.3 Å². The Hall–Kier alpha value is -5.35. The predicted octanol–water partition coefficient (Wildman–Crippen LogP) is 29.2. The molecule has 0 aromatic heterocycles. The van der Waals surface area contributed by atoms with Gasteiger partial charge in [0.2, 0.25) is 0 Å². The maximum Gasteiger partial charge on any atom is 0.472 e. The summed E-state index contributed by atoms with van der Waals surface area (Å²) in [5, 5.41) is 20.8. The van der Waals surface area contributed by atoms with Crippen molar-refractivity contribution in [2.75, 3.05) is 39.6 Å². The maximum absolute atomic E-state index is 13.1. The van der Waals surface area contributed by atoms with Crippen LogP contribution in [0.15, 0.2) is 182 Å². The number of carbonyl (C=O) groups excluding carboxylic acids is 3. The van der Waals surface area contributed by atoms with Gasteiger partial charge in [0.25, 0.3) is 0 Å². The Morgan fingerprint density at radius 1 is 0.244 bits per heavy atom. The van der Waals surface area contributed by atoms with Gasteiger partial charge in [-0.3, -0.25) is 32.5 Å². The number of allylic oxidation sites excluding steroid dienone is 30. The minimum atomic E-state index is -4.95. The first-order valence-corrected chi connectivity index (χ1v) is 50.1. The molecule has 16 nitrogen and oxygen atoms in total. The molecule has 0 fully saturated rings. The van der Waals surface area contributed by atoms with Crippen molar-refractivity contribution < 1.29 is 75.8 Å². The van der Waals surface area contributed by atoms with Gasteiger partial charge in [-0.05, 0) is 161 Å². The van der Waals surface area contributed by atoms with Crippen LogP contribution in [0.4, 0.5) is 0 Å². The Kier molecular flexibility index (Phi) is 87.7. The van der Waals surface area contributed by atoms with E-state index < -0.39 is 91.5 Å². The zero-order valence-electron chi connectivity index (χ0n) is 75.0. The second-order valence-corrected chi connectivity index (χ2v) is 34.0. The third kappa shape index (κ3) is 93.2. The van der Waals surface area contributed by atoms with Gasteiger partial charge < -0.3 is 34.2 Å². The van der Waals surface area contributed by atoms with Crippen molar-refractivity contribution in [3.05, 3.63) is 182 Å². The standard InChI is InChI=1S/C101H170O16P2/c1-4-7-10-13-16-19-22-25-28-31-34-37-40-42-44-45-46-47-48-49-51-53-55-57-60-63-66-69-72-75-78-81-84-87-99(104)111-90-96(102)91-113-118(107,108)114-92-97(103)93-115-119(109,110)116-95-98(117-101(106)89-86-83-80-77-74-71-68-65-62-59-54-39-36-33-30-27-24-21-18-15-12-9-6-3)94-112-100(105)88-85-82-79-76-73-70-67-64-61-58-56-52-50-43-41-38-35-32-29-26-23-20-17-14-11-8-5-2/h7,9-10,12,16-21,25-30,34-39,42-44,46-47,50,59,62,96-98,102-103H,4-6,8,11,13-15,22-24,31-33,40-41,45,48-49,51-58,60-61,63-95H2,1-3H3,(H,107,108)(H,109,110)/b10-7-,12-9-,19-16-,20-17-,21-18-,28-25-,29-26-,30-27-,37-34-,38-35-,39-36-,44-42-,47-46-,50-43-,62-59-. The number of carbonyl (C=O) groups is 3. The summed E-state index contributed by atoms with van der Waals surface area (Å²) in [5.74, 6) is -1.59. The van der Waals surface area contributed by atoms with Crippen LogP contribution in [0.25, 0.3) is 0 Å². The lowest BCUT2D eigenvalue weighted by molar-refractivity contribution is -0.161. The van der Waals surface area contributed by atoms with Crippen molar-refractivity contribution in [3.63, 3.8) is 0 Å². The molecule has 0 aliphatic rings. The van der Waals surface area contributed by atoms with E-state index in [1.165, 1.54) is 128 Å². The summed E-state index contributed by atoms with van der Waals surface area (Å²) in [6.07, 6.45) is 121. The molecule has 0 radical (unpaired) electrons. The highest BCUT2D eigenvalue weighted by Crippen LogP contribution is 2.45. The average molecular weight is 1700 g/mol. The average Bonchev–Trinajstić information content (AvgIpc) is 0.911. The van der Waals surface area contributed by atoms with E-state index in [0.717, 1.165) is 193 Å². The Bertz CT molecular complexity index is 2890. The van der Waals surface area contributed by atoms with Crippen LogP contribution < -0.4 is 0 Å². The number of aliphatic hydroxyl groups excluding tert-OH is 2. The smallest absolute Gasteiger partial charge is 0.463 e. The highest BCUT2D eigenvalue weighted by molar-refractivity contribution is 7.47. The molecule has 0 aliphatic heterocycles. The number of esters is 3. The van der Waals surface area contributed by atoms with Gasteiger partial charge >= 0.3 is 33.6 Å². The molecule has 0 spiro atoms. The molecule has 0 aromatic carbocycles. The molecular formula is C101H170O16P2. The molecule has 0 saturated carbocycles. The molecule has 0 aromatic rings. The lowest BCUT2D eigenvalue weighted by atomic mass is 10.0. The summed E-state index contributed by atoms with van der Waals surface area (Å²) in [6, 6.07) is 0. The maximum atomic E-state index is 13.1. The van der Waals surface area contributed by atoms with Crippen LogP contribution in [-0.2, 0) is 55.8 Å². The molecule has 0 rings (SSSR count). The number of phosphoric ester groups is 2. The molecule has 0 saturated heterocycles. The van der Waals surface area contributed by atoms with Crippen molar-refractivity contribution in [3.8, 4) is 0 Å². The number of hydrogen-bond acceptors (Lipinski definition) is 14. The fourth-order valence-corrected chi connectivity index (χ4v) is 14.1. The van der Waals surface area contributed by atoms with E-state index in [2.05, 4.69) is 203 Å². The van der Waals surface area contributed by atoms with Crippen LogP contribution >= 0.6 is 15.6 Å².